The molecule has 0 atom stereocenters. The monoisotopic (exact) mass is 229 g/mol. The summed E-state index contributed by atoms with van der Waals surface area (Å²) in [5.41, 5.74) is 0.453. The normalized spacial score (nSPS) is 19.8. The second-order valence-corrected chi connectivity index (χ2v) is 3.30. The third-order valence-corrected chi connectivity index (χ3v) is 1.79. The van der Waals surface area contributed by atoms with Gasteiger partial charge in [-0.1, -0.05) is 15.9 Å². The van der Waals surface area contributed by atoms with E-state index < -0.39 is 0 Å². The Hall–Kier alpha value is -0.870. The predicted molar refractivity (Wildman–Crippen MR) is 48.8 cm³/mol. The molecule has 4 heteroatoms. The number of halogens is 1. The lowest BCUT2D eigenvalue weighted by Gasteiger charge is -2.07. The van der Waals surface area contributed by atoms with Crippen molar-refractivity contribution in [3.05, 3.63) is 34.5 Å². The van der Waals surface area contributed by atoms with Crippen LogP contribution in [0, 0.1) is 0 Å². The van der Waals surface area contributed by atoms with Gasteiger partial charge < -0.3 is 0 Å². The second-order valence-electron chi connectivity index (χ2n) is 2.38. The summed E-state index contributed by atoms with van der Waals surface area (Å²) < 4.78 is 0.815. The number of hydroxylamine groups is 2. The van der Waals surface area contributed by atoms with Crippen molar-refractivity contribution in [1.29, 1.82) is 0 Å². The van der Waals surface area contributed by atoms with Crippen LogP contribution in [0.3, 0.4) is 0 Å². The lowest BCUT2D eigenvalue weighted by Crippen LogP contribution is -2.08. The van der Waals surface area contributed by atoms with Gasteiger partial charge in [-0.15, -0.1) is 0 Å². The Labute approximate surface area is 78.8 Å². The number of ketones is 1. The third-order valence-electron chi connectivity index (χ3n) is 1.30. The molecule has 0 aromatic carbocycles. The molecule has 0 amide bonds. The molecule has 64 valence electrons. The number of hydrogen-bond acceptors (Lipinski definition) is 3. The Kier molecular flexibility index (Phi) is 2.83. The molecule has 0 saturated carbocycles. The maximum Gasteiger partial charge on any atom is 0.187 e. The zero-order valence-corrected chi connectivity index (χ0v) is 8.08. The fourth-order valence-electron chi connectivity index (χ4n) is 0.821. The summed E-state index contributed by atoms with van der Waals surface area (Å²) in [6.07, 6.45) is 6.11. The Bertz CT molecular complexity index is 289. The van der Waals surface area contributed by atoms with Gasteiger partial charge in [-0.2, -0.15) is 0 Å². The molecule has 0 fully saturated rings. The Morgan fingerprint density at radius 3 is 2.83 bits per heavy atom. The maximum atomic E-state index is 11.1. The number of carbonyl (C=O) groups excluding carboxylic acids is 1. The molecule has 1 N–H and O–H groups in total. The summed E-state index contributed by atoms with van der Waals surface area (Å²) >= 11 is 3.23. The van der Waals surface area contributed by atoms with Crippen LogP contribution >= 0.6 is 15.9 Å². The van der Waals surface area contributed by atoms with Gasteiger partial charge >= 0.3 is 0 Å². The van der Waals surface area contributed by atoms with Crippen LogP contribution in [0.4, 0.5) is 0 Å². The van der Waals surface area contributed by atoms with Crippen molar-refractivity contribution in [3.63, 3.8) is 0 Å². The molecule has 0 unspecified atom stereocenters. The van der Waals surface area contributed by atoms with Crippen molar-refractivity contribution < 1.29 is 10.0 Å². The van der Waals surface area contributed by atoms with Gasteiger partial charge in [-0.25, -0.2) is 0 Å². The third kappa shape index (κ3) is 2.32. The van der Waals surface area contributed by atoms with Crippen LogP contribution in [0.25, 0.3) is 0 Å². The van der Waals surface area contributed by atoms with Gasteiger partial charge in [0.05, 0.1) is 0 Å². The maximum absolute atomic E-state index is 11.1. The van der Waals surface area contributed by atoms with E-state index in [1.54, 1.807) is 12.2 Å². The van der Waals surface area contributed by atoms with Crippen LogP contribution in [-0.4, -0.2) is 23.1 Å². The van der Waals surface area contributed by atoms with Crippen LogP contribution in [-0.2, 0) is 4.79 Å². The van der Waals surface area contributed by atoms with Gasteiger partial charge in [0.25, 0.3) is 0 Å². The van der Waals surface area contributed by atoms with E-state index in [4.69, 9.17) is 5.21 Å². The molecule has 0 aliphatic heterocycles. The molecule has 0 radical (unpaired) electrons. The van der Waals surface area contributed by atoms with Gasteiger partial charge in [-0.05, 0) is 18.2 Å². The van der Waals surface area contributed by atoms with Crippen molar-refractivity contribution >= 4 is 21.7 Å². The van der Waals surface area contributed by atoms with Gasteiger partial charge in [0.2, 0.25) is 0 Å². The molecule has 0 saturated heterocycles. The smallest absolute Gasteiger partial charge is 0.187 e. The average Bonchev–Trinajstić information content (AvgIpc) is 1.96. The standard InChI is InChI=1S/C8H8BrNO2/c1-10(12)5-6-4-7(9)2-3-8(6)11/h2-5,12H,1H3/b6-5+. The first kappa shape index (κ1) is 9.22. The molecular formula is C8H8BrNO2. The second kappa shape index (κ2) is 3.69. The van der Waals surface area contributed by atoms with E-state index in [1.807, 2.05) is 0 Å². The quantitative estimate of drug-likeness (QED) is 0.549. The van der Waals surface area contributed by atoms with Crippen LogP contribution in [0.5, 0.6) is 0 Å². The highest BCUT2D eigenvalue weighted by Gasteiger charge is 2.08. The molecule has 1 rings (SSSR count). The lowest BCUT2D eigenvalue weighted by molar-refractivity contribution is -0.111. The number of carbonyl (C=O) groups is 1. The summed E-state index contributed by atoms with van der Waals surface area (Å²) in [5.74, 6) is -0.112. The fourth-order valence-corrected chi connectivity index (χ4v) is 1.20. The van der Waals surface area contributed by atoms with Gasteiger partial charge in [0, 0.05) is 23.3 Å². The average molecular weight is 230 g/mol. The minimum atomic E-state index is -0.112. The van der Waals surface area contributed by atoms with Crippen molar-refractivity contribution in [2.45, 2.75) is 0 Å². The number of rotatable bonds is 1. The highest BCUT2D eigenvalue weighted by Crippen LogP contribution is 2.17. The minimum Gasteiger partial charge on any atom is -0.289 e. The Balaban J connectivity index is 2.92. The summed E-state index contributed by atoms with van der Waals surface area (Å²) in [6, 6.07) is 0. The number of hydrogen-bond donors (Lipinski definition) is 1. The summed E-state index contributed by atoms with van der Waals surface area (Å²) in [7, 11) is 1.44. The van der Waals surface area contributed by atoms with E-state index in [1.165, 1.54) is 19.3 Å². The highest BCUT2D eigenvalue weighted by atomic mass is 79.9. The van der Waals surface area contributed by atoms with Crippen LogP contribution in [0.2, 0.25) is 0 Å². The molecular weight excluding hydrogens is 222 g/mol. The predicted octanol–water partition coefficient (Wildman–Crippen LogP) is 1.61. The molecule has 0 spiro atoms. The van der Waals surface area contributed by atoms with Crippen molar-refractivity contribution in [2.24, 2.45) is 0 Å². The summed E-state index contributed by atoms with van der Waals surface area (Å²) in [5, 5.41) is 9.70. The first-order valence-electron chi connectivity index (χ1n) is 3.33. The molecule has 3 nitrogen and oxygen atoms in total. The molecule has 0 heterocycles. The van der Waals surface area contributed by atoms with E-state index in [-0.39, 0.29) is 5.78 Å². The largest absolute Gasteiger partial charge is 0.289 e. The summed E-state index contributed by atoms with van der Waals surface area (Å²) in [4.78, 5) is 11.1. The molecule has 1 aliphatic rings. The first-order chi connectivity index (χ1) is 5.59. The van der Waals surface area contributed by atoms with Gasteiger partial charge in [-0.3, -0.25) is 15.1 Å². The zero-order valence-electron chi connectivity index (χ0n) is 6.49. The van der Waals surface area contributed by atoms with Crippen molar-refractivity contribution in [3.8, 4) is 0 Å². The van der Waals surface area contributed by atoms with Crippen LogP contribution in [0.1, 0.15) is 0 Å². The van der Waals surface area contributed by atoms with Crippen LogP contribution < -0.4 is 0 Å². The number of allylic oxidation sites excluding steroid dienone is 5. The zero-order chi connectivity index (χ0) is 9.14. The van der Waals surface area contributed by atoms with Gasteiger partial charge in [0.1, 0.15) is 0 Å². The Morgan fingerprint density at radius 1 is 1.58 bits per heavy atom. The number of nitrogens with zero attached hydrogens (tertiary/aromatic N) is 1. The molecule has 0 bridgehead atoms. The summed E-state index contributed by atoms with van der Waals surface area (Å²) in [6.45, 7) is 0. The molecule has 1 aliphatic carbocycles. The SMILES string of the molecule is CN(O)/C=C1\C=C(Br)C=CC1=O. The fraction of sp³-hybridized carbons (Fsp3) is 0.125. The van der Waals surface area contributed by atoms with Crippen LogP contribution in [0.15, 0.2) is 34.5 Å². The molecule has 0 aromatic rings. The minimum absolute atomic E-state index is 0.112. The molecule has 12 heavy (non-hydrogen) atoms. The van der Waals surface area contributed by atoms with Crippen molar-refractivity contribution in [1.82, 2.24) is 5.06 Å². The van der Waals surface area contributed by atoms with Gasteiger partial charge in [0.15, 0.2) is 5.78 Å². The highest BCUT2D eigenvalue weighted by molar-refractivity contribution is 9.11. The van der Waals surface area contributed by atoms with E-state index in [0.29, 0.717) is 5.57 Å². The topological polar surface area (TPSA) is 40.5 Å². The van der Waals surface area contributed by atoms with E-state index in [2.05, 4.69) is 15.9 Å². The lowest BCUT2D eigenvalue weighted by atomic mass is 10.1. The Morgan fingerprint density at radius 2 is 2.25 bits per heavy atom. The van der Waals surface area contributed by atoms with E-state index in [0.717, 1.165) is 9.55 Å². The van der Waals surface area contributed by atoms with E-state index in [9.17, 15) is 4.79 Å². The first-order valence-corrected chi connectivity index (χ1v) is 4.12. The van der Waals surface area contributed by atoms with Crippen molar-refractivity contribution in [2.75, 3.05) is 7.05 Å². The van der Waals surface area contributed by atoms with E-state index >= 15 is 0 Å². The molecule has 0 aromatic heterocycles.